The van der Waals surface area contributed by atoms with Crippen molar-refractivity contribution in [3.63, 3.8) is 0 Å². The highest BCUT2D eigenvalue weighted by atomic mass is 16.5. The van der Waals surface area contributed by atoms with Crippen LogP contribution in [-0.2, 0) is 13.0 Å². The molecule has 0 aliphatic carbocycles. The molecule has 7 heteroatoms. The first-order valence-electron chi connectivity index (χ1n) is 9.71. The number of amides is 1. The number of ether oxygens (including phenoxy) is 1. The van der Waals surface area contributed by atoms with Gasteiger partial charge in [0.2, 0.25) is 0 Å². The van der Waals surface area contributed by atoms with Crippen molar-refractivity contribution in [3.8, 4) is 28.4 Å². The number of aromatic nitrogens is 2. The van der Waals surface area contributed by atoms with E-state index >= 15 is 0 Å². The van der Waals surface area contributed by atoms with E-state index in [0.29, 0.717) is 17.2 Å². The maximum Gasteiger partial charge on any atom is 0.307 e. The van der Waals surface area contributed by atoms with Crippen LogP contribution in [0, 0.1) is 0 Å². The molecule has 1 N–H and O–H groups in total. The number of fused-ring (bicyclic) bond motifs is 1. The molecule has 7 nitrogen and oxygen atoms in total. The molecule has 2 aromatic heterocycles. The lowest BCUT2D eigenvalue weighted by Crippen LogP contribution is -2.23. The standard InChI is InChI=1S/C23H19N3O4/c1-14-9-16-7-8-17(10-19(16)28-14)20-11-18(26-30-20)12-24-22(27)23-25-13-21(29-23)15-5-3-2-4-6-15/h2-8,10-11,13-14H,9,12H2,1H3,(H,24,27). The second-order valence-corrected chi connectivity index (χ2v) is 7.22. The third-order valence-corrected chi connectivity index (χ3v) is 4.93. The Balaban J connectivity index is 1.24. The molecule has 1 amide bonds. The number of carbonyl (C=O) groups excluding carboxylic acids is 1. The normalized spacial score (nSPS) is 14.9. The van der Waals surface area contributed by atoms with Gasteiger partial charge in [-0.15, -0.1) is 0 Å². The highest BCUT2D eigenvalue weighted by molar-refractivity contribution is 5.89. The van der Waals surface area contributed by atoms with Crippen LogP contribution in [0.4, 0.5) is 0 Å². The number of nitrogens with zero attached hydrogens (tertiary/aromatic N) is 2. The van der Waals surface area contributed by atoms with Gasteiger partial charge in [-0.3, -0.25) is 4.79 Å². The van der Waals surface area contributed by atoms with E-state index in [-0.39, 0.29) is 18.5 Å². The van der Waals surface area contributed by atoms with Gasteiger partial charge >= 0.3 is 5.91 Å². The molecule has 1 aliphatic heterocycles. The Bertz CT molecular complexity index is 1200. The fourth-order valence-electron chi connectivity index (χ4n) is 3.45. The topological polar surface area (TPSA) is 90.4 Å². The fourth-order valence-corrected chi connectivity index (χ4v) is 3.45. The molecule has 4 aromatic rings. The van der Waals surface area contributed by atoms with Crippen LogP contribution in [0.3, 0.4) is 0 Å². The summed E-state index contributed by atoms with van der Waals surface area (Å²) in [5.74, 6) is 1.62. The maximum absolute atomic E-state index is 12.4. The summed E-state index contributed by atoms with van der Waals surface area (Å²) < 4.78 is 16.8. The average molecular weight is 401 g/mol. The summed E-state index contributed by atoms with van der Waals surface area (Å²) >= 11 is 0. The van der Waals surface area contributed by atoms with Gasteiger partial charge in [-0.25, -0.2) is 4.98 Å². The number of oxazole rings is 1. The average Bonchev–Trinajstić information content (AvgIpc) is 3.50. The van der Waals surface area contributed by atoms with Gasteiger partial charge in [0.25, 0.3) is 5.89 Å². The van der Waals surface area contributed by atoms with Gasteiger partial charge in [0, 0.05) is 23.6 Å². The van der Waals surface area contributed by atoms with Crippen molar-refractivity contribution >= 4 is 5.91 Å². The smallest absolute Gasteiger partial charge is 0.307 e. The van der Waals surface area contributed by atoms with E-state index < -0.39 is 5.91 Å². The van der Waals surface area contributed by atoms with E-state index in [0.717, 1.165) is 23.3 Å². The number of rotatable bonds is 5. The Morgan fingerprint density at radius 1 is 1.10 bits per heavy atom. The van der Waals surface area contributed by atoms with Crippen molar-refractivity contribution in [3.05, 3.63) is 77.9 Å². The minimum atomic E-state index is -0.415. The van der Waals surface area contributed by atoms with Crippen LogP contribution < -0.4 is 10.1 Å². The molecule has 0 fully saturated rings. The Hall–Kier alpha value is -3.87. The minimum absolute atomic E-state index is 0.00228. The summed E-state index contributed by atoms with van der Waals surface area (Å²) in [7, 11) is 0. The molecule has 2 aromatic carbocycles. The zero-order valence-electron chi connectivity index (χ0n) is 16.3. The SMILES string of the molecule is CC1Cc2ccc(-c3cc(CNC(=O)c4ncc(-c5ccccc5)o4)no3)cc2O1. The molecule has 150 valence electrons. The van der Waals surface area contributed by atoms with Crippen LogP contribution in [-0.4, -0.2) is 22.2 Å². The van der Waals surface area contributed by atoms with Gasteiger partial charge in [0.05, 0.1) is 12.7 Å². The van der Waals surface area contributed by atoms with Crippen LogP contribution in [0.5, 0.6) is 5.75 Å². The molecule has 0 saturated heterocycles. The molecule has 0 spiro atoms. The Kier molecular flexibility index (Phi) is 4.55. The van der Waals surface area contributed by atoms with E-state index in [1.165, 1.54) is 11.8 Å². The Morgan fingerprint density at radius 2 is 1.97 bits per heavy atom. The summed E-state index contributed by atoms with van der Waals surface area (Å²) in [4.78, 5) is 16.4. The quantitative estimate of drug-likeness (QED) is 0.538. The second-order valence-electron chi connectivity index (χ2n) is 7.22. The van der Waals surface area contributed by atoms with E-state index in [1.54, 1.807) is 6.07 Å². The summed E-state index contributed by atoms with van der Waals surface area (Å²) in [6.45, 7) is 2.25. The monoisotopic (exact) mass is 401 g/mol. The Labute approximate surface area is 172 Å². The molecule has 0 bridgehead atoms. The predicted octanol–water partition coefficient (Wildman–Crippen LogP) is 4.25. The van der Waals surface area contributed by atoms with Crippen LogP contribution >= 0.6 is 0 Å². The molecule has 3 heterocycles. The van der Waals surface area contributed by atoms with Crippen molar-refractivity contribution in [2.45, 2.75) is 26.0 Å². The second kappa shape index (κ2) is 7.51. The third-order valence-electron chi connectivity index (χ3n) is 4.93. The molecule has 0 radical (unpaired) electrons. The first-order valence-corrected chi connectivity index (χ1v) is 9.71. The molecule has 30 heavy (non-hydrogen) atoms. The van der Waals surface area contributed by atoms with Crippen molar-refractivity contribution < 1.29 is 18.5 Å². The largest absolute Gasteiger partial charge is 0.490 e. The Morgan fingerprint density at radius 3 is 2.83 bits per heavy atom. The van der Waals surface area contributed by atoms with Crippen LogP contribution in [0.1, 0.15) is 28.9 Å². The first-order chi connectivity index (χ1) is 14.7. The maximum atomic E-state index is 12.4. The molecular weight excluding hydrogens is 382 g/mol. The van der Waals surface area contributed by atoms with Gasteiger partial charge in [-0.05, 0) is 18.6 Å². The minimum Gasteiger partial charge on any atom is -0.490 e. The van der Waals surface area contributed by atoms with E-state index in [1.807, 2.05) is 55.5 Å². The lowest BCUT2D eigenvalue weighted by Gasteiger charge is -2.03. The lowest BCUT2D eigenvalue weighted by atomic mass is 10.1. The molecule has 1 aliphatic rings. The number of hydrogen-bond acceptors (Lipinski definition) is 6. The molecule has 1 unspecified atom stereocenters. The van der Waals surface area contributed by atoms with Crippen molar-refractivity contribution in [2.75, 3.05) is 0 Å². The summed E-state index contributed by atoms with van der Waals surface area (Å²) in [5, 5.41) is 6.79. The van der Waals surface area contributed by atoms with Crippen LogP contribution in [0.2, 0.25) is 0 Å². The number of hydrogen-bond donors (Lipinski definition) is 1. The third kappa shape index (κ3) is 3.57. The fraction of sp³-hybridized carbons (Fsp3) is 0.174. The van der Waals surface area contributed by atoms with Gasteiger partial charge in [0.1, 0.15) is 17.5 Å². The highest BCUT2D eigenvalue weighted by Crippen LogP contribution is 2.33. The van der Waals surface area contributed by atoms with Gasteiger partial charge < -0.3 is 19.0 Å². The van der Waals surface area contributed by atoms with Crippen molar-refractivity contribution in [2.24, 2.45) is 0 Å². The lowest BCUT2D eigenvalue weighted by molar-refractivity contribution is 0.0916. The molecule has 1 atom stereocenters. The van der Waals surface area contributed by atoms with Gasteiger partial charge in [-0.1, -0.05) is 47.6 Å². The molecular formula is C23H19N3O4. The summed E-state index contributed by atoms with van der Waals surface area (Å²) in [5.41, 5.74) is 3.54. The summed E-state index contributed by atoms with van der Waals surface area (Å²) in [6.07, 6.45) is 2.64. The highest BCUT2D eigenvalue weighted by Gasteiger charge is 2.20. The van der Waals surface area contributed by atoms with E-state index in [4.69, 9.17) is 13.7 Å². The van der Waals surface area contributed by atoms with Crippen LogP contribution in [0.25, 0.3) is 22.6 Å². The van der Waals surface area contributed by atoms with Gasteiger partial charge in [-0.2, -0.15) is 0 Å². The van der Waals surface area contributed by atoms with Crippen molar-refractivity contribution in [1.29, 1.82) is 0 Å². The van der Waals surface area contributed by atoms with E-state index in [2.05, 4.69) is 15.5 Å². The van der Waals surface area contributed by atoms with Crippen molar-refractivity contribution in [1.82, 2.24) is 15.5 Å². The summed E-state index contributed by atoms with van der Waals surface area (Å²) in [6, 6.07) is 17.3. The zero-order chi connectivity index (χ0) is 20.5. The van der Waals surface area contributed by atoms with E-state index in [9.17, 15) is 4.79 Å². The molecule has 5 rings (SSSR count). The first kappa shape index (κ1) is 18.2. The number of nitrogens with one attached hydrogen (secondary N) is 1. The van der Waals surface area contributed by atoms with Gasteiger partial charge in [0.15, 0.2) is 11.5 Å². The number of benzene rings is 2. The zero-order valence-corrected chi connectivity index (χ0v) is 16.3. The number of carbonyl (C=O) groups is 1. The van der Waals surface area contributed by atoms with Crippen LogP contribution in [0.15, 0.2) is 69.7 Å². The molecule has 0 saturated carbocycles. The predicted molar refractivity (Wildman–Crippen MR) is 109 cm³/mol.